The predicted octanol–water partition coefficient (Wildman–Crippen LogP) is -0.761. The molecule has 6 heteroatoms. The fourth-order valence-electron chi connectivity index (χ4n) is 1.15. The molecule has 0 amide bonds. The lowest BCUT2D eigenvalue weighted by Gasteiger charge is -2.09. The average Bonchev–Trinajstić information content (AvgIpc) is 2.47. The molecule has 13 heavy (non-hydrogen) atoms. The number of anilines is 1. The summed E-state index contributed by atoms with van der Waals surface area (Å²) in [6, 6.07) is -0.260. The van der Waals surface area contributed by atoms with E-state index in [0.29, 0.717) is 18.2 Å². The highest BCUT2D eigenvalue weighted by Gasteiger charge is 2.13. The lowest BCUT2D eigenvalue weighted by Crippen LogP contribution is -2.17. The van der Waals surface area contributed by atoms with Crippen molar-refractivity contribution < 1.29 is 5.11 Å². The summed E-state index contributed by atoms with van der Waals surface area (Å²) in [5.74, 6) is 1.35. The second-order valence-corrected chi connectivity index (χ2v) is 2.81. The minimum absolute atomic E-state index is 0.0584. The number of hydrogen-bond acceptors (Lipinski definition) is 5. The van der Waals surface area contributed by atoms with Crippen molar-refractivity contribution in [2.75, 3.05) is 19.0 Å². The number of aromatic nitrogens is 3. The van der Waals surface area contributed by atoms with Crippen molar-refractivity contribution in [1.82, 2.24) is 14.8 Å². The number of nitrogens with two attached hydrogens (primary N) is 1. The second kappa shape index (κ2) is 4.20. The molecule has 1 unspecified atom stereocenters. The summed E-state index contributed by atoms with van der Waals surface area (Å²) >= 11 is 0. The first-order valence-electron chi connectivity index (χ1n) is 4.14. The van der Waals surface area contributed by atoms with Crippen LogP contribution < -0.4 is 11.1 Å². The summed E-state index contributed by atoms with van der Waals surface area (Å²) in [6.07, 6.45) is 0.496. The Hall–Kier alpha value is -1.14. The van der Waals surface area contributed by atoms with E-state index in [4.69, 9.17) is 10.8 Å². The van der Waals surface area contributed by atoms with Crippen molar-refractivity contribution in [3.8, 4) is 0 Å². The summed E-state index contributed by atoms with van der Waals surface area (Å²) in [5, 5.41) is 19.4. The van der Waals surface area contributed by atoms with Gasteiger partial charge in [-0.3, -0.25) is 4.57 Å². The van der Waals surface area contributed by atoms with Crippen LogP contribution in [0.1, 0.15) is 18.3 Å². The molecule has 0 radical (unpaired) electrons. The van der Waals surface area contributed by atoms with Crippen LogP contribution in [-0.4, -0.2) is 33.5 Å². The summed E-state index contributed by atoms with van der Waals surface area (Å²) in [5.41, 5.74) is 5.76. The van der Waals surface area contributed by atoms with E-state index in [9.17, 15) is 0 Å². The van der Waals surface area contributed by atoms with Gasteiger partial charge in [0.1, 0.15) is 0 Å². The van der Waals surface area contributed by atoms with Crippen molar-refractivity contribution in [1.29, 1.82) is 0 Å². The number of hydrogen-bond donors (Lipinski definition) is 3. The van der Waals surface area contributed by atoms with Gasteiger partial charge in [0.15, 0.2) is 5.82 Å². The van der Waals surface area contributed by atoms with Crippen LogP contribution >= 0.6 is 0 Å². The first-order valence-corrected chi connectivity index (χ1v) is 4.14. The maximum absolute atomic E-state index is 8.70. The molecule has 0 saturated carbocycles. The third-order valence-electron chi connectivity index (χ3n) is 1.90. The topological polar surface area (TPSA) is 89.0 Å². The molecule has 6 nitrogen and oxygen atoms in total. The van der Waals surface area contributed by atoms with E-state index in [1.807, 2.05) is 7.05 Å². The zero-order valence-electron chi connectivity index (χ0n) is 7.86. The largest absolute Gasteiger partial charge is 0.396 e. The van der Waals surface area contributed by atoms with E-state index in [2.05, 4.69) is 15.5 Å². The zero-order chi connectivity index (χ0) is 9.84. The predicted molar refractivity (Wildman–Crippen MR) is 49.2 cm³/mol. The maximum Gasteiger partial charge on any atom is 0.224 e. The fourth-order valence-corrected chi connectivity index (χ4v) is 1.15. The fraction of sp³-hybridized carbons (Fsp3) is 0.714. The van der Waals surface area contributed by atoms with Crippen LogP contribution in [0, 0.1) is 0 Å². The highest BCUT2D eigenvalue weighted by molar-refractivity contribution is 5.24. The van der Waals surface area contributed by atoms with Crippen LogP contribution in [0.4, 0.5) is 5.95 Å². The van der Waals surface area contributed by atoms with Gasteiger partial charge in [-0.15, -0.1) is 10.2 Å². The highest BCUT2D eigenvalue weighted by Crippen LogP contribution is 2.13. The molecule has 1 heterocycles. The van der Waals surface area contributed by atoms with E-state index >= 15 is 0 Å². The van der Waals surface area contributed by atoms with Crippen LogP contribution in [0.25, 0.3) is 0 Å². The van der Waals surface area contributed by atoms with Gasteiger partial charge >= 0.3 is 0 Å². The van der Waals surface area contributed by atoms with E-state index in [1.165, 1.54) is 0 Å². The summed E-state index contributed by atoms with van der Waals surface area (Å²) in [7, 11) is 3.60. The minimum Gasteiger partial charge on any atom is -0.396 e. The Morgan fingerprint density at radius 3 is 2.77 bits per heavy atom. The lowest BCUT2D eigenvalue weighted by molar-refractivity contribution is 0.273. The monoisotopic (exact) mass is 185 g/mol. The van der Waals surface area contributed by atoms with Gasteiger partial charge in [0.25, 0.3) is 0 Å². The van der Waals surface area contributed by atoms with Crippen LogP contribution in [0.2, 0.25) is 0 Å². The van der Waals surface area contributed by atoms with Crippen LogP contribution in [0.5, 0.6) is 0 Å². The molecule has 1 atom stereocenters. The van der Waals surface area contributed by atoms with Gasteiger partial charge in [-0.1, -0.05) is 0 Å². The molecule has 74 valence electrons. The molecule has 0 bridgehead atoms. The van der Waals surface area contributed by atoms with Crippen LogP contribution in [0.15, 0.2) is 0 Å². The molecule has 4 N–H and O–H groups in total. The van der Waals surface area contributed by atoms with E-state index in [1.54, 1.807) is 11.6 Å². The number of aliphatic hydroxyl groups is 1. The maximum atomic E-state index is 8.70. The molecule has 1 aromatic rings. The average molecular weight is 185 g/mol. The molecule has 0 spiro atoms. The number of aliphatic hydroxyl groups excluding tert-OH is 1. The molecular formula is C7H15N5O. The Kier molecular flexibility index (Phi) is 3.21. The van der Waals surface area contributed by atoms with E-state index < -0.39 is 0 Å². The zero-order valence-corrected chi connectivity index (χ0v) is 7.86. The minimum atomic E-state index is -0.260. The molecule has 0 aromatic carbocycles. The molecule has 0 saturated heterocycles. The normalized spacial score (nSPS) is 12.9. The smallest absolute Gasteiger partial charge is 0.224 e. The molecule has 0 fully saturated rings. The molecule has 1 rings (SSSR count). The Morgan fingerprint density at radius 2 is 2.31 bits per heavy atom. The van der Waals surface area contributed by atoms with Gasteiger partial charge in [-0.2, -0.15) is 0 Å². The number of nitrogens with zero attached hydrogens (tertiary/aromatic N) is 3. The van der Waals surface area contributed by atoms with Crippen molar-refractivity contribution >= 4 is 5.95 Å². The molecule has 0 aliphatic heterocycles. The molecule has 0 aliphatic carbocycles. The lowest BCUT2D eigenvalue weighted by atomic mass is 10.2. The van der Waals surface area contributed by atoms with E-state index in [-0.39, 0.29) is 12.6 Å². The third kappa shape index (κ3) is 1.96. The number of nitrogens with one attached hydrogen (secondary N) is 1. The molecular weight excluding hydrogens is 170 g/mol. The molecule has 0 aliphatic rings. The van der Waals surface area contributed by atoms with Crippen molar-refractivity contribution in [3.63, 3.8) is 0 Å². The highest BCUT2D eigenvalue weighted by atomic mass is 16.3. The van der Waals surface area contributed by atoms with Gasteiger partial charge in [0, 0.05) is 20.7 Å². The molecule has 1 aromatic heterocycles. The van der Waals surface area contributed by atoms with Crippen molar-refractivity contribution in [3.05, 3.63) is 5.82 Å². The second-order valence-electron chi connectivity index (χ2n) is 2.81. The van der Waals surface area contributed by atoms with Gasteiger partial charge < -0.3 is 16.2 Å². The Bertz CT molecular complexity index is 272. The van der Waals surface area contributed by atoms with Crippen molar-refractivity contribution in [2.45, 2.75) is 12.5 Å². The summed E-state index contributed by atoms with van der Waals surface area (Å²) in [6.45, 7) is 0.0584. The standard InChI is InChI=1S/C7H15N5O/c1-9-7-11-10-6(12(7)2)5(8)3-4-13/h5,13H,3-4,8H2,1-2H3,(H,9,11). The Labute approximate surface area is 76.8 Å². The van der Waals surface area contributed by atoms with Gasteiger partial charge in [0.2, 0.25) is 5.95 Å². The number of rotatable bonds is 4. The van der Waals surface area contributed by atoms with E-state index in [0.717, 1.165) is 0 Å². The third-order valence-corrected chi connectivity index (χ3v) is 1.90. The van der Waals surface area contributed by atoms with Gasteiger partial charge in [-0.25, -0.2) is 0 Å². The van der Waals surface area contributed by atoms with Crippen LogP contribution in [-0.2, 0) is 7.05 Å². The Morgan fingerprint density at radius 1 is 1.62 bits per heavy atom. The SMILES string of the molecule is CNc1nnc(C(N)CCO)n1C. The summed E-state index contributed by atoms with van der Waals surface area (Å²) < 4.78 is 1.78. The van der Waals surface area contributed by atoms with Crippen molar-refractivity contribution in [2.24, 2.45) is 12.8 Å². The Balaban J connectivity index is 2.82. The first kappa shape index (κ1) is 9.94. The quantitative estimate of drug-likeness (QED) is 0.573. The summed E-state index contributed by atoms with van der Waals surface area (Å²) in [4.78, 5) is 0. The van der Waals surface area contributed by atoms with Gasteiger partial charge in [-0.05, 0) is 6.42 Å². The van der Waals surface area contributed by atoms with Crippen LogP contribution in [0.3, 0.4) is 0 Å². The first-order chi connectivity index (χ1) is 6.20. The van der Waals surface area contributed by atoms with Gasteiger partial charge in [0.05, 0.1) is 6.04 Å².